The van der Waals surface area contributed by atoms with Crippen molar-refractivity contribution >= 4 is 26.8 Å². The van der Waals surface area contributed by atoms with Crippen LogP contribution in [-0.4, -0.2) is 28.1 Å². The Morgan fingerprint density at radius 3 is 2.54 bits per heavy atom. The molecule has 0 bridgehead atoms. The van der Waals surface area contributed by atoms with Crippen LogP contribution in [0.2, 0.25) is 0 Å². The predicted octanol–water partition coefficient (Wildman–Crippen LogP) is 3.41. The van der Waals surface area contributed by atoms with Gasteiger partial charge in [-0.1, -0.05) is 24.3 Å². The van der Waals surface area contributed by atoms with Crippen LogP contribution in [0.3, 0.4) is 0 Å². The van der Waals surface area contributed by atoms with Gasteiger partial charge in [0.05, 0.1) is 25.2 Å². The van der Waals surface area contributed by atoms with Gasteiger partial charge in [-0.3, -0.25) is 0 Å². The van der Waals surface area contributed by atoms with Crippen LogP contribution in [0, 0.1) is 6.92 Å². The Kier molecular flexibility index (Phi) is 5.71. The van der Waals surface area contributed by atoms with E-state index in [-0.39, 0.29) is 17.0 Å². The molecule has 0 saturated carbocycles. The molecule has 1 heterocycles. The molecule has 3 aromatic rings. The lowest BCUT2D eigenvalue weighted by molar-refractivity contribution is 0.0598. The third-order valence-corrected chi connectivity index (χ3v) is 5.70. The molecule has 148 valence electrons. The van der Waals surface area contributed by atoms with E-state index in [0.29, 0.717) is 34.6 Å². The molecular weight excluding hydrogens is 382 g/mol. The van der Waals surface area contributed by atoms with Crippen molar-refractivity contribution in [3.63, 3.8) is 0 Å². The monoisotopic (exact) mass is 403 g/mol. The number of sulfonamides is 1. The summed E-state index contributed by atoms with van der Waals surface area (Å²) in [5.41, 5.74) is 0.267. The van der Waals surface area contributed by atoms with Crippen molar-refractivity contribution in [3.8, 4) is 5.75 Å². The summed E-state index contributed by atoms with van der Waals surface area (Å²) in [6, 6.07) is 11.8. The number of nitrogens with one attached hydrogen (secondary N) is 1. The minimum atomic E-state index is -3.83. The highest BCUT2D eigenvalue weighted by atomic mass is 32.2. The number of carbonyl (C=O) groups is 1. The minimum absolute atomic E-state index is 0.0955. The van der Waals surface area contributed by atoms with Gasteiger partial charge in [0.15, 0.2) is 0 Å². The molecule has 0 unspecified atom stereocenters. The van der Waals surface area contributed by atoms with Crippen LogP contribution in [0.25, 0.3) is 10.8 Å². The van der Waals surface area contributed by atoms with E-state index in [0.717, 1.165) is 0 Å². The maximum atomic E-state index is 12.9. The molecule has 0 aliphatic rings. The van der Waals surface area contributed by atoms with E-state index in [1.807, 2.05) is 19.1 Å². The van der Waals surface area contributed by atoms with Crippen LogP contribution < -0.4 is 9.46 Å². The van der Waals surface area contributed by atoms with Gasteiger partial charge in [0.1, 0.15) is 22.8 Å². The number of hydrogen-bond acceptors (Lipinski definition) is 6. The number of furan rings is 1. The molecule has 1 aromatic heterocycles. The quantitative estimate of drug-likeness (QED) is 0.608. The van der Waals surface area contributed by atoms with Crippen molar-refractivity contribution in [2.45, 2.75) is 25.3 Å². The summed E-state index contributed by atoms with van der Waals surface area (Å²) >= 11 is 0. The summed E-state index contributed by atoms with van der Waals surface area (Å²) in [5, 5.41) is 1.28. The Balaban J connectivity index is 1.90. The number of hydrogen-bond donors (Lipinski definition) is 1. The molecule has 0 atom stereocenters. The topological polar surface area (TPSA) is 94.8 Å². The molecule has 3 rings (SSSR count). The molecule has 1 N–H and O–H groups in total. The van der Waals surface area contributed by atoms with E-state index in [1.54, 1.807) is 25.1 Å². The first-order valence-corrected chi connectivity index (χ1v) is 10.2. The number of carbonyl (C=O) groups excluding carboxylic acids is 1. The summed E-state index contributed by atoms with van der Waals surface area (Å²) < 4.78 is 44.0. The Bertz CT molecular complexity index is 1120. The second kappa shape index (κ2) is 8.04. The molecule has 7 nitrogen and oxygen atoms in total. The highest BCUT2D eigenvalue weighted by molar-refractivity contribution is 7.89. The Labute approximate surface area is 163 Å². The van der Waals surface area contributed by atoms with Crippen LogP contribution in [0.4, 0.5) is 0 Å². The maximum Gasteiger partial charge on any atom is 0.341 e. The first-order valence-electron chi connectivity index (χ1n) is 8.69. The number of rotatable bonds is 7. The second-order valence-corrected chi connectivity index (χ2v) is 7.77. The molecule has 2 aromatic carbocycles. The molecule has 0 fully saturated rings. The number of esters is 1. The molecule has 0 amide bonds. The van der Waals surface area contributed by atoms with E-state index in [2.05, 4.69) is 9.46 Å². The summed E-state index contributed by atoms with van der Waals surface area (Å²) in [7, 11) is -2.56. The summed E-state index contributed by atoms with van der Waals surface area (Å²) in [6.45, 7) is 3.87. The van der Waals surface area contributed by atoms with Crippen molar-refractivity contribution in [1.29, 1.82) is 0 Å². The fourth-order valence-electron chi connectivity index (χ4n) is 2.95. The first-order chi connectivity index (χ1) is 13.4. The largest absolute Gasteiger partial charge is 0.493 e. The average molecular weight is 403 g/mol. The van der Waals surface area contributed by atoms with Gasteiger partial charge in [-0.05, 0) is 32.0 Å². The summed E-state index contributed by atoms with van der Waals surface area (Å²) in [4.78, 5) is 11.8. The van der Waals surface area contributed by atoms with Crippen LogP contribution >= 0.6 is 0 Å². The Hall–Kier alpha value is -2.84. The molecule has 0 spiro atoms. The number of benzene rings is 2. The second-order valence-electron chi connectivity index (χ2n) is 6.04. The van der Waals surface area contributed by atoms with Crippen molar-refractivity contribution in [3.05, 3.63) is 59.5 Å². The van der Waals surface area contributed by atoms with Gasteiger partial charge in [-0.15, -0.1) is 0 Å². The normalized spacial score (nSPS) is 11.5. The van der Waals surface area contributed by atoms with Crippen LogP contribution in [0.1, 0.15) is 28.8 Å². The molecule has 0 aliphatic carbocycles. The molecule has 8 heteroatoms. The van der Waals surface area contributed by atoms with E-state index in [9.17, 15) is 13.2 Å². The lowest BCUT2D eigenvalue weighted by atomic mass is 10.1. The van der Waals surface area contributed by atoms with Crippen molar-refractivity contribution in [1.82, 2.24) is 4.72 Å². The number of ether oxygens (including phenoxy) is 2. The zero-order chi connectivity index (χ0) is 20.3. The van der Waals surface area contributed by atoms with Gasteiger partial charge < -0.3 is 13.9 Å². The van der Waals surface area contributed by atoms with Crippen LogP contribution in [0.15, 0.2) is 51.8 Å². The number of fused-ring (bicyclic) bond motifs is 1. The molecule has 0 aliphatic heterocycles. The van der Waals surface area contributed by atoms with Gasteiger partial charge in [0, 0.05) is 10.8 Å². The third-order valence-electron chi connectivity index (χ3n) is 4.24. The lowest BCUT2D eigenvalue weighted by Gasteiger charge is -2.12. The molecular formula is C20H21NO6S. The standard InChI is InChI=1S/C20H21NO6S/c1-4-26-18-9-10-19(16-8-6-5-7-15(16)18)28(23,24)21-12-14-11-17(13(2)27-14)20(22)25-3/h5-11,21H,4,12H2,1-3H3. The van der Waals surface area contributed by atoms with E-state index < -0.39 is 16.0 Å². The van der Waals surface area contributed by atoms with Crippen molar-refractivity contribution < 1.29 is 27.1 Å². The highest BCUT2D eigenvalue weighted by Crippen LogP contribution is 2.31. The van der Waals surface area contributed by atoms with Gasteiger partial charge in [0.25, 0.3) is 0 Å². The Morgan fingerprint density at radius 1 is 1.14 bits per heavy atom. The van der Waals surface area contributed by atoms with Gasteiger partial charge in [-0.2, -0.15) is 0 Å². The first kappa shape index (κ1) is 19.9. The SMILES string of the molecule is CCOc1ccc(S(=O)(=O)NCc2cc(C(=O)OC)c(C)o2)c2ccccc12. The fourth-order valence-corrected chi connectivity index (χ4v) is 4.15. The molecule has 28 heavy (non-hydrogen) atoms. The van der Waals surface area contributed by atoms with Crippen molar-refractivity contribution in [2.24, 2.45) is 0 Å². The lowest BCUT2D eigenvalue weighted by Crippen LogP contribution is -2.23. The molecule has 0 radical (unpaired) electrons. The summed E-state index contributed by atoms with van der Waals surface area (Å²) in [6.07, 6.45) is 0. The minimum Gasteiger partial charge on any atom is -0.493 e. The average Bonchev–Trinajstić information content (AvgIpc) is 3.07. The zero-order valence-corrected chi connectivity index (χ0v) is 16.6. The van der Waals surface area contributed by atoms with Crippen LogP contribution in [0.5, 0.6) is 5.75 Å². The van der Waals surface area contributed by atoms with Gasteiger partial charge >= 0.3 is 5.97 Å². The predicted molar refractivity (Wildman–Crippen MR) is 104 cm³/mol. The Morgan fingerprint density at radius 2 is 1.86 bits per heavy atom. The smallest absolute Gasteiger partial charge is 0.341 e. The van der Waals surface area contributed by atoms with E-state index in [1.165, 1.54) is 19.2 Å². The fraction of sp³-hybridized carbons (Fsp3) is 0.250. The van der Waals surface area contributed by atoms with Gasteiger partial charge in [-0.25, -0.2) is 17.9 Å². The summed E-state index contributed by atoms with van der Waals surface area (Å²) in [5.74, 6) is 0.776. The maximum absolute atomic E-state index is 12.9. The number of aryl methyl sites for hydroxylation is 1. The number of methoxy groups -OCH3 is 1. The highest BCUT2D eigenvalue weighted by Gasteiger charge is 2.21. The van der Waals surface area contributed by atoms with E-state index in [4.69, 9.17) is 9.15 Å². The third kappa shape index (κ3) is 3.88. The van der Waals surface area contributed by atoms with Gasteiger partial charge in [0.2, 0.25) is 10.0 Å². The van der Waals surface area contributed by atoms with Crippen LogP contribution in [-0.2, 0) is 21.3 Å². The zero-order valence-electron chi connectivity index (χ0n) is 15.8. The molecule has 0 saturated heterocycles. The van der Waals surface area contributed by atoms with Crippen molar-refractivity contribution in [2.75, 3.05) is 13.7 Å². The van der Waals surface area contributed by atoms with E-state index >= 15 is 0 Å².